The molecule has 0 amide bonds. The molecule has 2 unspecified atom stereocenters. The van der Waals surface area contributed by atoms with Crippen molar-refractivity contribution in [2.45, 2.75) is 78.9 Å². The molecule has 1 heterocycles. The van der Waals surface area contributed by atoms with Gasteiger partial charge in [-0.05, 0) is 45.4 Å². The van der Waals surface area contributed by atoms with Crippen molar-refractivity contribution in [3.05, 3.63) is 0 Å². The van der Waals surface area contributed by atoms with Gasteiger partial charge in [-0.3, -0.25) is 4.79 Å². The second-order valence-electron chi connectivity index (χ2n) is 7.59. The lowest BCUT2D eigenvalue weighted by atomic mass is 9.56. The van der Waals surface area contributed by atoms with Crippen LogP contribution in [-0.2, 0) is 14.3 Å². The smallest absolute Gasteiger partial charge is 0.180 e. The Morgan fingerprint density at radius 2 is 1.76 bits per heavy atom. The molecule has 2 fully saturated rings. The van der Waals surface area contributed by atoms with E-state index < -0.39 is 11.2 Å². The van der Waals surface area contributed by atoms with Gasteiger partial charge in [-0.25, -0.2) is 0 Å². The molecule has 3 nitrogen and oxygen atoms in total. The predicted molar refractivity (Wildman–Crippen MR) is 84.1 cm³/mol. The maximum absolute atomic E-state index is 13.3. The summed E-state index contributed by atoms with van der Waals surface area (Å²) in [6.07, 6.45) is 6.02. The molecule has 3 heteroatoms. The summed E-state index contributed by atoms with van der Waals surface area (Å²) in [5.74, 6) is 0.382. The van der Waals surface area contributed by atoms with E-state index in [0.29, 0.717) is 24.9 Å². The first-order valence-electron chi connectivity index (χ1n) is 8.66. The second-order valence-corrected chi connectivity index (χ2v) is 7.59. The molecular formula is C18H32O3. The molecule has 1 saturated carbocycles. The zero-order valence-corrected chi connectivity index (χ0v) is 14.5. The van der Waals surface area contributed by atoms with E-state index in [1.807, 2.05) is 13.8 Å². The van der Waals surface area contributed by atoms with Crippen molar-refractivity contribution < 1.29 is 14.3 Å². The minimum Gasteiger partial charge on any atom is -0.347 e. The summed E-state index contributed by atoms with van der Waals surface area (Å²) >= 11 is 0. The predicted octanol–water partition coefficient (Wildman–Crippen LogP) is 4.34. The van der Waals surface area contributed by atoms with Crippen LogP contribution < -0.4 is 0 Å². The molecule has 21 heavy (non-hydrogen) atoms. The van der Waals surface area contributed by atoms with E-state index in [1.54, 1.807) is 0 Å². The molecule has 2 atom stereocenters. The number of ether oxygens (including phenoxy) is 2. The summed E-state index contributed by atoms with van der Waals surface area (Å²) < 4.78 is 11.8. The second kappa shape index (κ2) is 6.00. The van der Waals surface area contributed by atoms with Crippen LogP contribution >= 0.6 is 0 Å². The molecule has 0 N–H and O–H groups in total. The summed E-state index contributed by atoms with van der Waals surface area (Å²) in [6.45, 7) is 11.9. The van der Waals surface area contributed by atoms with Gasteiger partial charge < -0.3 is 9.47 Å². The van der Waals surface area contributed by atoms with E-state index in [9.17, 15) is 4.79 Å². The van der Waals surface area contributed by atoms with Crippen molar-refractivity contribution in [2.75, 3.05) is 13.2 Å². The molecule has 2 rings (SSSR count). The first-order chi connectivity index (χ1) is 9.83. The molecule has 0 radical (unpaired) electrons. The minimum absolute atomic E-state index is 0.173. The molecule has 1 aliphatic carbocycles. The molecule has 122 valence electrons. The lowest BCUT2D eigenvalue weighted by molar-refractivity contribution is -0.248. The third kappa shape index (κ3) is 2.68. The van der Waals surface area contributed by atoms with E-state index in [0.717, 1.165) is 32.1 Å². The standard InChI is InChI=1S/C18H32O3/c1-6-14(3)8-9-17(7-2)10-11-18(20-12-13-21-18)16(4,5)15(17)19/h14H,6-13H2,1-5H3. The zero-order valence-electron chi connectivity index (χ0n) is 14.5. The Hall–Kier alpha value is -0.410. The van der Waals surface area contributed by atoms with E-state index in [1.165, 1.54) is 6.42 Å². The Morgan fingerprint density at radius 3 is 2.29 bits per heavy atom. The van der Waals surface area contributed by atoms with Crippen molar-refractivity contribution >= 4 is 5.78 Å². The normalized spacial score (nSPS) is 32.5. The van der Waals surface area contributed by atoms with E-state index in [4.69, 9.17) is 9.47 Å². The highest BCUT2D eigenvalue weighted by atomic mass is 16.7. The summed E-state index contributed by atoms with van der Waals surface area (Å²) in [5, 5.41) is 0. The molecular weight excluding hydrogens is 264 g/mol. The highest BCUT2D eigenvalue weighted by Crippen LogP contribution is 2.55. The van der Waals surface area contributed by atoms with Crippen LogP contribution in [0.2, 0.25) is 0 Å². The monoisotopic (exact) mass is 296 g/mol. The maximum atomic E-state index is 13.3. The number of carbonyl (C=O) groups excluding carboxylic acids is 1. The van der Waals surface area contributed by atoms with E-state index in [-0.39, 0.29) is 5.41 Å². The number of carbonyl (C=O) groups is 1. The van der Waals surface area contributed by atoms with Crippen LogP contribution in [0.4, 0.5) is 0 Å². The van der Waals surface area contributed by atoms with Gasteiger partial charge in [-0.15, -0.1) is 0 Å². The molecule has 2 aliphatic rings. The van der Waals surface area contributed by atoms with E-state index >= 15 is 0 Å². The van der Waals surface area contributed by atoms with Gasteiger partial charge in [-0.2, -0.15) is 0 Å². The van der Waals surface area contributed by atoms with Crippen molar-refractivity contribution in [3.8, 4) is 0 Å². The lowest BCUT2D eigenvalue weighted by Gasteiger charge is -2.52. The number of Topliss-reactive ketones (excluding diaryl/α,β-unsaturated/α-hetero) is 1. The third-order valence-corrected chi connectivity index (χ3v) is 6.18. The Balaban J connectivity index is 2.20. The maximum Gasteiger partial charge on any atom is 0.180 e. The van der Waals surface area contributed by atoms with Gasteiger partial charge in [0, 0.05) is 11.8 Å². The summed E-state index contributed by atoms with van der Waals surface area (Å²) in [6, 6.07) is 0. The van der Waals surface area contributed by atoms with Gasteiger partial charge in [0.1, 0.15) is 5.78 Å². The summed E-state index contributed by atoms with van der Waals surface area (Å²) in [7, 11) is 0. The van der Waals surface area contributed by atoms with Crippen molar-refractivity contribution in [1.29, 1.82) is 0 Å². The van der Waals surface area contributed by atoms with Gasteiger partial charge >= 0.3 is 0 Å². The quantitative estimate of drug-likeness (QED) is 0.757. The van der Waals surface area contributed by atoms with Crippen LogP contribution in [0.25, 0.3) is 0 Å². The van der Waals surface area contributed by atoms with Crippen molar-refractivity contribution in [3.63, 3.8) is 0 Å². The first kappa shape index (κ1) is 17.0. The van der Waals surface area contributed by atoms with Crippen LogP contribution in [0.15, 0.2) is 0 Å². The summed E-state index contributed by atoms with van der Waals surface area (Å²) in [4.78, 5) is 13.3. The van der Waals surface area contributed by atoms with Gasteiger partial charge in [0.15, 0.2) is 5.79 Å². The van der Waals surface area contributed by atoms with Crippen LogP contribution in [0.5, 0.6) is 0 Å². The highest BCUT2D eigenvalue weighted by molar-refractivity contribution is 5.91. The molecule has 1 aliphatic heterocycles. The first-order valence-corrected chi connectivity index (χ1v) is 8.66. The van der Waals surface area contributed by atoms with Crippen LogP contribution in [0.1, 0.15) is 73.1 Å². The average Bonchev–Trinajstić information content (AvgIpc) is 2.96. The van der Waals surface area contributed by atoms with Crippen LogP contribution in [0.3, 0.4) is 0 Å². The Bertz CT molecular complexity index is 382. The van der Waals surface area contributed by atoms with Crippen LogP contribution in [-0.4, -0.2) is 24.8 Å². The fourth-order valence-electron chi connectivity index (χ4n) is 4.11. The number of ketones is 1. The van der Waals surface area contributed by atoms with Crippen LogP contribution in [0, 0.1) is 16.7 Å². The third-order valence-electron chi connectivity index (χ3n) is 6.18. The number of hydrogen-bond donors (Lipinski definition) is 0. The fourth-order valence-corrected chi connectivity index (χ4v) is 4.11. The number of rotatable bonds is 5. The fraction of sp³-hybridized carbons (Fsp3) is 0.944. The van der Waals surface area contributed by atoms with Gasteiger partial charge in [0.05, 0.1) is 18.6 Å². The van der Waals surface area contributed by atoms with Gasteiger partial charge in [0.2, 0.25) is 0 Å². The number of hydrogen-bond acceptors (Lipinski definition) is 3. The Labute approximate surface area is 129 Å². The minimum atomic E-state index is -0.668. The molecule has 1 spiro atoms. The average molecular weight is 296 g/mol. The van der Waals surface area contributed by atoms with Gasteiger partial charge in [-0.1, -0.05) is 27.2 Å². The van der Waals surface area contributed by atoms with Crippen molar-refractivity contribution in [2.24, 2.45) is 16.7 Å². The molecule has 1 saturated heterocycles. The van der Waals surface area contributed by atoms with E-state index in [2.05, 4.69) is 20.8 Å². The SMILES string of the molecule is CCC(C)CCC1(CC)CCC2(OCCO2)C(C)(C)C1=O. The topological polar surface area (TPSA) is 35.5 Å². The zero-order chi connectivity index (χ0) is 15.7. The molecule has 0 aromatic heterocycles. The highest BCUT2D eigenvalue weighted by Gasteiger charge is 2.62. The molecule has 0 bridgehead atoms. The Kier molecular flexibility index (Phi) is 4.84. The lowest BCUT2D eigenvalue weighted by Crippen LogP contribution is -2.59. The largest absolute Gasteiger partial charge is 0.347 e. The summed E-state index contributed by atoms with van der Waals surface area (Å²) in [5.41, 5.74) is -0.722. The van der Waals surface area contributed by atoms with Crippen molar-refractivity contribution in [1.82, 2.24) is 0 Å². The van der Waals surface area contributed by atoms with Gasteiger partial charge in [0.25, 0.3) is 0 Å². The Morgan fingerprint density at radius 1 is 1.14 bits per heavy atom. The molecule has 0 aromatic carbocycles. The molecule has 0 aromatic rings.